The maximum absolute atomic E-state index is 10.6. The Kier molecular flexibility index (Phi) is 4.94. The average Bonchev–Trinajstić information content (AvgIpc) is 1.87. The van der Waals surface area contributed by atoms with Crippen LogP contribution in [-0.2, 0) is 9.53 Å². The molecule has 60 valence electrons. The molecule has 0 aromatic heterocycles. The monoisotopic (exact) mass is 146 g/mol. The summed E-state index contributed by atoms with van der Waals surface area (Å²) in [5.41, 5.74) is 0. The van der Waals surface area contributed by atoms with Crippen LogP contribution >= 0.6 is 0 Å². The Labute approximate surface area is 62.0 Å². The fraction of sp³-hybridized carbons (Fsp3) is 0.857. The van der Waals surface area contributed by atoms with Gasteiger partial charge in [0.1, 0.15) is 13.2 Å². The van der Waals surface area contributed by atoms with Crippen molar-refractivity contribution in [3.8, 4) is 0 Å². The fourth-order valence-corrected chi connectivity index (χ4v) is 0.471. The Morgan fingerprint density at radius 1 is 1.50 bits per heavy atom. The molecule has 0 aromatic carbocycles. The van der Waals surface area contributed by atoms with Crippen LogP contribution in [0.3, 0.4) is 0 Å². The summed E-state index contributed by atoms with van der Waals surface area (Å²) in [6, 6.07) is 0. The van der Waals surface area contributed by atoms with Gasteiger partial charge in [-0.05, 0) is 0 Å². The van der Waals surface area contributed by atoms with E-state index in [2.05, 4.69) is 0 Å². The van der Waals surface area contributed by atoms with E-state index in [4.69, 9.17) is 4.74 Å². The summed E-state index contributed by atoms with van der Waals surface area (Å²) in [4.78, 5) is 11.9. The first-order valence-electron chi connectivity index (χ1n) is 3.61. The zero-order valence-electron chi connectivity index (χ0n) is 6.94. The standard InChI is InChI=1S/C7H15NO2/c1-4-7(9)10-6-5-8(2)3/h4-6H2,1-3H3/p+1. The smallest absolute Gasteiger partial charge is 0.305 e. The summed E-state index contributed by atoms with van der Waals surface area (Å²) < 4.78 is 4.84. The second-order valence-corrected chi connectivity index (χ2v) is 2.53. The zero-order chi connectivity index (χ0) is 7.98. The van der Waals surface area contributed by atoms with E-state index in [9.17, 15) is 4.79 Å². The lowest BCUT2D eigenvalue weighted by atomic mass is 10.5. The number of rotatable bonds is 4. The number of carbonyl (C=O) groups is 1. The molecule has 3 nitrogen and oxygen atoms in total. The Bertz CT molecular complexity index is 102. The predicted octanol–water partition coefficient (Wildman–Crippen LogP) is -0.916. The number of hydrogen-bond acceptors (Lipinski definition) is 2. The lowest BCUT2D eigenvalue weighted by Crippen LogP contribution is -3.06. The van der Waals surface area contributed by atoms with Crippen LogP contribution in [-0.4, -0.2) is 33.2 Å². The SMILES string of the molecule is CCC(=O)OCC[NH+](C)C. The van der Waals surface area contributed by atoms with Crippen LogP contribution in [0.15, 0.2) is 0 Å². The highest BCUT2D eigenvalue weighted by atomic mass is 16.5. The minimum absolute atomic E-state index is 0.110. The van der Waals surface area contributed by atoms with Gasteiger partial charge in [-0.15, -0.1) is 0 Å². The molecule has 10 heavy (non-hydrogen) atoms. The van der Waals surface area contributed by atoms with Crippen LogP contribution in [0.5, 0.6) is 0 Å². The van der Waals surface area contributed by atoms with Crippen molar-refractivity contribution in [1.29, 1.82) is 0 Å². The van der Waals surface area contributed by atoms with E-state index in [1.54, 1.807) is 6.92 Å². The van der Waals surface area contributed by atoms with E-state index in [0.29, 0.717) is 13.0 Å². The summed E-state index contributed by atoms with van der Waals surface area (Å²) in [7, 11) is 4.06. The van der Waals surface area contributed by atoms with Gasteiger partial charge in [-0.1, -0.05) is 6.92 Å². The van der Waals surface area contributed by atoms with Crippen LogP contribution in [0.2, 0.25) is 0 Å². The molecule has 0 bridgehead atoms. The quantitative estimate of drug-likeness (QED) is 0.520. The third kappa shape index (κ3) is 5.56. The van der Waals surface area contributed by atoms with Gasteiger partial charge >= 0.3 is 5.97 Å². The van der Waals surface area contributed by atoms with Crippen molar-refractivity contribution in [3.05, 3.63) is 0 Å². The Hall–Kier alpha value is -0.570. The number of ether oxygens (including phenoxy) is 1. The van der Waals surface area contributed by atoms with Crippen LogP contribution in [0.1, 0.15) is 13.3 Å². The van der Waals surface area contributed by atoms with Crippen LogP contribution in [0.4, 0.5) is 0 Å². The third-order valence-electron chi connectivity index (χ3n) is 1.15. The normalized spacial score (nSPS) is 10.0. The van der Waals surface area contributed by atoms with Gasteiger partial charge in [-0.25, -0.2) is 0 Å². The highest BCUT2D eigenvalue weighted by Crippen LogP contribution is 1.80. The molecule has 0 spiro atoms. The highest BCUT2D eigenvalue weighted by molar-refractivity contribution is 5.68. The summed E-state index contributed by atoms with van der Waals surface area (Å²) in [6.45, 7) is 3.21. The average molecular weight is 146 g/mol. The van der Waals surface area contributed by atoms with E-state index in [0.717, 1.165) is 6.54 Å². The van der Waals surface area contributed by atoms with Crippen molar-refractivity contribution in [2.45, 2.75) is 13.3 Å². The number of quaternary nitrogens is 1. The molecule has 0 atom stereocenters. The molecule has 0 radical (unpaired) electrons. The van der Waals surface area contributed by atoms with Gasteiger partial charge in [0.15, 0.2) is 0 Å². The van der Waals surface area contributed by atoms with Crippen molar-refractivity contribution in [2.24, 2.45) is 0 Å². The Morgan fingerprint density at radius 3 is 2.50 bits per heavy atom. The van der Waals surface area contributed by atoms with Crippen LogP contribution in [0.25, 0.3) is 0 Å². The van der Waals surface area contributed by atoms with Crippen molar-refractivity contribution in [3.63, 3.8) is 0 Å². The van der Waals surface area contributed by atoms with Crippen LogP contribution in [0, 0.1) is 0 Å². The lowest BCUT2D eigenvalue weighted by Gasteiger charge is -2.06. The molecular formula is C7H16NO2+. The molecule has 0 unspecified atom stereocenters. The molecular weight excluding hydrogens is 130 g/mol. The van der Waals surface area contributed by atoms with E-state index in [1.165, 1.54) is 4.90 Å². The molecule has 0 rings (SSSR count). The molecule has 0 aliphatic carbocycles. The fourth-order valence-electron chi connectivity index (χ4n) is 0.471. The number of carbonyl (C=O) groups excluding carboxylic acids is 1. The molecule has 0 aromatic rings. The molecule has 0 saturated heterocycles. The number of esters is 1. The number of likely N-dealkylation sites (N-methyl/N-ethyl adjacent to an activating group) is 1. The molecule has 3 heteroatoms. The van der Waals surface area contributed by atoms with E-state index < -0.39 is 0 Å². The summed E-state index contributed by atoms with van der Waals surface area (Å²) in [6.07, 6.45) is 0.475. The van der Waals surface area contributed by atoms with Crippen molar-refractivity contribution in [1.82, 2.24) is 0 Å². The summed E-state index contributed by atoms with van der Waals surface area (Å²) in [5.74, 6) is -0.110. The number of hydrogen-bond donors (Lipinski definition) is 1. The van der Waals surface area contributed by atoms with Gasteiger partial charge in [0.05, 0.1) is 14.1 Å². The van der Waals surface area contributed by atoms with Crippen molar-refractivity contribution >= 4 is 5.97 Å². The van der Waals surface area contributed by atoms with E-state index in [1.807, 2.05) is 14.1 Å². The first-order chi connectivity index (χ1) is 4.66. The summed E-state index contributed by atoms with van der Waals surface area (Å²) >= 11 is 0. The molecule has 0 aliphatic rings. The van der Waals surface area contributed by atoms with Gasteiger partial charge in [0.25, 0.3) is 0 Å². The molecule has 0 amide bonds. The molecule has 1 N–H and O–H groups in total. The van der Waals surface area contributed by atoms with E-state index in [-0.39, 0.29) is 5.97 Å². The molecule has 0 heterocycles. The zero-order valence-corrected chi connectivity index (χ0v) is 6.94. The van der Waals surface area contributed by atoms with Gasteiger partial charge in [-0.2, -0.15) is 0 Å². The maximum atomic E-state index is 10.6. The van der Waals surface area contributed by atoms with Gasteiger partial charge in [0, 0.05) is 6.42 Å². The topological polar surface area (TPSA) is 30.7 Å². The van der Waals surface area contributed by atoms with Gasteiger partial charge in [-0.3, -0.25) is 4.79 Å². The Morgan fingerprint density at radius 2 is 2.10 bits per heavy atom. The second kappa shape index (κ2) is 5.23. The van der Waals surface area contributed by atoms with Gasteiger partial charge < -0.3 is 9.64 Å². The third-order valence-corrected chi connectivity index (χ3v) is 1.15. The second-order valence-electron chi connectivity index (χ2n) is 2.53. The van der Waals surface area contributed by atoms with Crippen molar-refractivity contribution in [2.75, 3.05) is 27.2 Å². The minimum atomic E-state index is -0.110. The maximum Gasteiger partial charge on any atom is 0.305 e. The van der Waals surface area contributed by atoms with E-state index >= 15 is 0 Å². The predicted molar refractivity (Wildman–Crippen MR) is 38.9 cm³/mol. The molecule has 0 fully saturated rings. The lowest BCUT2D eigenvalue weighted by molar-refractivity contribution is -0.858. The first kappa shape index (κ1) is 9.43. The highest BCUT2D eigenvalue weighted by Gasteiger charge is 1.98. The van der Waals surface area contributed by atoms with Crippen molar-refractivity contribution < 1.29 is 14.4 Å². The molecule has 0 saturated carbocycles. The van der Waals surface area contributed by atoms with Crippen LogP contribution < -0.4 is 4.90 Å². The largest absolute Gasteiger partial charge is 0.460 e. The van der Waals surface area contributed by atoms with Gasteiger partial charge in [0.2, 0.25) is 0 Å². The minimum Gasteiger partial charge on any atom is -0.460 e. The first-order valence-corrected chi connectivity index (χ1v) is 3.61. The number of nitrogens with one attached hydrogen (secondary N) is 1. The summed E-state index contributed by atoms with van der Waals surface area (Å²) in [5, 5.41) is 0. The Balaban J connectivity index is 3.12. The molecule has 0 aliphatic heterocycles.